The van der Waals surface area contributed by atoms with Gasteiger partial charge in [0, 0.05) is 17.7 Å². The van der Waals surface area contributed by atoms with Crippen LogP contribution in [0, 0.1) is 41.0 Å². The van der Waals surface area contributed by atoms with Crippen molar-refractivity contribution in [2.24, 2.45) is 17.8 Å². The van der Waals surface area contributed by atoms with Gasteiger partial charge in [0.15, 0.2) is 23.2 Å². The van der Waals surface area contributed by atoms with Crippen molar-refractivity contribution < 1.29 is 40.2 Å². The van der Waals surface area contributed by atoms with E-state index in [2.05, 4.69) is 11.7 Å². The van der Waals surface area contributed by atoms with Gasteiger partial charge in [-0.1, -0.05) is 45.4 Å². The second-order valence-corrected chi connectivity index (χ2v) is 11.0. The second kappa shape index (κ2) is 12.8. The van der Waals surface area contributed by atoms with Gasteiger partial charge in [0.1, 0.15) is 11.6 Å². The fourth-order valence-corrected chi connectivity index (χ4v) is 6.45. The molecule has 4 rings (SSSR count). The van der Waals surface area contributed by atoms with Crippen LogP contribution in [0.4, 0.5) is 30.7 Å². The Morgan fingerprint density at radius 3 is 1.92 bits per heavy atom. The fraction of sp³-hybridized carbons (Fsp3) is 0.600. The van der Waals surface area contributed by atoms with Crippen molar-refractivity contribution in [3.63, 3.8) is 0 Å². The molecule has 0 radical (unpaired) electrons. The number of hydrogen-bond donors (Lipinski definition) is 0. The average Bonchev–Trinajstić information content (AvgIpc) is 2.89. The van der Waals surface area contributed by atoms with Crippen molar-refractivity contribution in [3.05, 3.63) is 53.1 Å². The number of benzene rings is 2. The summed E-state index contributed by atoms with van der Waals surface area (Å²) in [5.41, 5.74) is -0.122. The van der Waals surface area contributed by atoms with Gasteiger partial charge in [0.2, 0.25) is 5.75 Å². The molecule has 2 nitrogen and oxygen atoms in total. The lowest BCUT2D eigenvalue weighted by atomic mass is 9.68. The number of unbranched alkanes of at least 4 members (excludes halogenated alkanes) is 2. The molecule has 39 heavy (non-hydrogen) atoms. The highest BCUT2D eigenvalue weighted by atomic mass is 19.4. The van der Waals surface area contributed by atoms with Gasteiger partial charge in [-0.05, 0) is 74.3 Å². The highest BCUT2D eigenvalue weighted by molar-refractivity contribution is 5.41. The van der Waals surface area contributed by atoms with Crippen LogP contribution in [0.25, 0.3) is 0 Å². The van der Waals surface area contributed by atoms with Crippen LogP contribution in [-0.2, 0) is 0 Å². The summed E-state index contributed by atoms with van der Waals surface area (Å²) >= 11 is 0. The molecule has 2 aliphatic carbocycles. The highest BCUT2D eigenvalue weighted by Crippen LogP contribution is 2.46. The first-order chi connectivity index (χ1) is 18.6. The molecule has 9 heteroatoms. The van der Waals surface area contributed by atoms with Crippen molar-refractivity contribution in [3.8, 4) is 17.2 Å². The van der Waals surface area contributed by atoms with Crippen molar-refractivity contribution >= 4 is 0 Å². The van der Waals surface area contributed by atoms with Crippen LogP contribution < -0.4 is 9.47 Å². The smallest absolute Gasteiger partial charge is 0.454 e. The molecule has 0 bridgehead atoms. The summed E-state index contributed by atoms with van der Waals surface area (Å²) in [6.07, 6.45) is 7.85. The molecule has 216 valence electrons. The topological polar surface area (TPSA) is 18.5 Å². The summed E-state index contributed by atoms with van der Waals surface area (Å²) in [5, 5.41) is 0. The van der Waals surface area contributed by atoms with Crippen molar-refractivity contribution in [1.29, 1.82) is 0 Å². The lowest BCUT2D eigenvalue weighted by Crippen LogP contribution is -2.26. The van der Waals surface area contributed by atoms with E-state index in [1.807, 2.05) is 0 Å². The van der Waals surface area contributed by atoms with Gasteiger partial charge < -0.3 is 9.47 Å². The summed E-state index contributed by atoms with van der Waals surface area (Å²) in [7, 11) is 0. The van der Waals surface area contributed by atoms with E-state index in [9.17, 15) is 26.3 Å². The Hall–Kier alpha value is -2.45. The zero-order chi connectivity index (χ0) is 28.2. The van der Waals surface area contributed by atoms with Crippen molar-refractivity contribution in [2.75, 3.05) is 0 Å². The van der Waals surface area contributed by atoms with Gasteiger partial charge >= 0.3 is 6.36 Å². The maximum Gasteiger partial charge on any atom is 0.573 e. The molecule has 2 aliphatic rings. The Kier molecular flexibility index (Phi) is 9.70. The Morgan fingerprint density at radius 2 is 1.36 bits per heavy atom. The molecule has 2 aromatic rings. The molecule has 0 aliphatic heterocycles. The molecule has 0 amide bonds. The monoisotopic (exact) mass is 560 g/mol. The number of alkyl halides is 3. The summed E-state index contributed by atoms with van der Waals surface area (Å²) in [4.78, 5) is 0. The lowest BCUT2D eigenvalue weighted by Gasteiger charge is -2.38. The number of rotatable bonds is 9. The predicted octanol–water partition coefficient (Wildman–Crippen LogP) is 10.6. The molecule has 0 heterocycles. The van der Waals surface area contributed by atoms with Crippen molar-refractivity contribution in [2.45, 2.75) is 96.3 Å². The van der Waals surface area contributed by atoms with Crippen LogP contribution in [0.15, 0.2) is 24.3 Å². The summed E-state index contributed by atoms with van der Waals surface area (Å²) in [5.74, 6) is -6.03. The minimum absolute atomic E-state index is 0.122. The lowest BCUT2D eigenvalue weighted by molar-refractivity contribution is -0.276. The van der Waals surface area contributed by atoms with E-state index >= 15 is 4.39 Å². The van der Waals surface area contributed by atoms with E-state index in [4.69, 9.17) is 4.74 Å². The third kappa shape index (κ3) is 7.60. The standard InChI is InChI=1S/C30H35F7O2/c1-2-3-4-5-18-6-8-19(9-7-18)20-10-12-21(13-11-20)27-23(31)14-15-26(28(27)34)38-22-16-24(32)29(25(33)17-22)39-30(35,36)37/h14-21H,2-13H2,1H3. The first-order valence-corrected chi connectivity index (χ1v) is 14.0. The number of hydrogen-bond acceptors (Lipinski definition) is 2. The molecule has 2 fully saturated rings. The first kappa shape index (κ1) is 29.5. The molecule has 2 saturated carbocycles. The molecule has 0 atom stereocenters. The third-order valence-electron chi connectivity index (χ3n) is 8.46. The molecular weight excluding hydrogens is 525 g/mol. The summed E-state index contributed by atoms with van der Waals surface area (Å²) in [6.45, 7) is 2.22. The zero-order valence-electron chi connectivity index (χ0n) is 22.1. The molecule has 0 aromatic heterocycles. The minimum atomic E-state index is -5.30. The van der Waals surface area contributed by atoms with E-state index in [1.165, 1.54) is 51.4 Å². The molecule has 0 N–H and O–H groups in total. The van der Waals surface area contributed by atoms with Crippen LogP contribution in [0.2, 0.25) is 0 Å². The van der Waals surface area contributed by atoms with Gasteiger partial charge in [-0.25, -0.2) is 17.6 Å². The summed E-state index contributed by atoms with van der Waals surface area (Å²) in [6, 6.07) is 2.94. The SMILES string of the molecule is CCCCCC1CCC(C2CCC(c3c(F)ccc(Oc4cc(F)c(OC(F)(F)F)c(F)c4)c3F)CC2)CC1. The van der Waals surface area contributed by atoms with Gasteiger partial charge in [-0.2, -0.15) is 0 Å². The fourth-order valence-electron chi connectivity index (χ4n) is 6.45. The predicted molar refractivity (Wildman–Crippen MR) is 134 cm³/mol. The van der Waals surface area contributed by atoms with E-state index in [-0.39, 0.29) is 11.5 Å². The Labute approximate surface area is 224 Å². The largest absolute Gasteiger partial charge is 0.573 e. The zero-order valence-corrected chi connectivity index (χ0v) is 22.1. The van der Waals surface area contributed by atoms with Crippen LogP contribution in [-0.4, -0.2) is 6.36 Å². The molecular formula is C30H35F7O2. The van der Waals surface area contributed by atoms with Gasteiger partial charge in [0.05, 0.1) is 0 Å². The van der Waals surface area contributed by atoms with Crippen LogP contribution in [0.1, 0.15) is 95.5 Å². The summed E-state index contributed by atoms with van der Waals surface area (Å²) < 4.78 is 104. The van der Waals surface area contributed by atoms with Crippen LogP contribution >= 0.6 is 0 Å². The quantitative estimate of drug-likeness (QED) is 0.224. The molecule has 0 spiro atoms. The Balaban J connectivity index is 1.38. The second-order valence-electron chi connectivity index (χ2n) is 11.0. The minimum Gasteiger partial charge on any atom is -0.454 e. The van der Waals surface area contributed by atoms with Gasteiger partial charge in [-0.15, -0.1) is 13.2 Å². The van der Waals surface area contributed by atoms with E-state index in [0.717, 1.165) is 30.9 Å². The third-order valence-corrected chi connectivity index (χ3v) is 8.46. The molecule has 2 aromatic carbocycles. The van der Waals surface area contributed by atoms with Gasteiger partial charge in [0.25, 0.3) is 0 Å². The Bertz CT molecular complexity index is 1080. The first-order valence-electron chi connectivity index (χ1n) is 14.0. The average molecular weight is 561 g/mol. The number of halogens is 7. The maximum absolute atomic E-state index is 15.4. The number of ether oxygens (including phenoxy) is 2. The van der Waals surface area contributed by atoms with Crippen LogP contribution in [0.5, 0.6) is 17.2 Å². The van der Waals surface area contributed by atoms with Crippen molar-refractivity contribution in [1.82, 2.24) is 0 Å². The maximum atomic E-state index is 15.4. The Morgan fingerprint density at radius 1 is 0.769 bits per heavy atom. The molecule has 0 unspecified atom stereocenters. The van der Waals surface area contributed by atoms with Crippen LogP contribution in [0.3, 0.4) is 0 Å². The highest BCUT2D eigenvalue weighted by Gasteiger charge is 2.35. The van der Waals surface area contributed by atoms with Gasteiger partial charge in [-0.3, -0.25) is 0 Å². The van der Waals surface area contributed by atoms with E-state index < -0.39 is 46.9 Å². The molecule has 0 saturated heterocycles. The normalized spacial score (nSPS) is 24.0. The van der Waals surface area contributed by atoms with E-state index in [1.54, 1.807) is 0 Å². The van der Waals surface area contributed by atoms with E-state index in [0.29, 0.717) is 36.8 Å².